The van der Waals surface area contributed by atoms with Crippen molar-refractivity contribution in [3.63, 3.8) is 0 Å². The van der Waals surface area contributed by atoms with E-state index in [1.807, 2.05) is 41.9 Å². The van der Waals surface area contributed by atoms with Crippen molar-refractivity contribution in [2.45, 2.75) is 13.5 Å². The third-order valence-electron chi connectivity index (χ3n) is 3.99. The van der Waals surface area contributed by atoms with Gasteiger partial charge in [-0.2, -0.15) is 5.10 Å². The zero-order valence-electron chi connectivity index (χ0n) is 12.4. The van der Waals surface area contributed by atoms with E-state index in [0.717, 1.165) is 22.6 Å². The van der Waals surface area contributed by atoms with Crippen LogP contribution in [0.4, 0.5) is 5.69 Å². The Morgan fingerprint density at radius 2 is 2.00 bits per heavy atom. The predicted octanol–water partition coefficient (Wildman–Crippen LogP) is 3.65. The molecule has 2 heterocycles. The van der Waals surface area contributed by atoms with E-state index >= 15 is 0 Å². The minimum atomic E-state index is -0.398. The third kappa shape index (κ3) is 2.07. The number of nitrogens with zero attached hydrogens (tertiary/aromatic N) is 3. The van der Waals surface area contributed by atoms with E-state index in [2.05, 4.69) is 5.10 Å². The molecule has 1 aromatic heterocycles. The van der Waals surface area contributed by atoms with Gasteiger partial charge >= 0.3 is 0 Å². The highest BCUT2D eigenvalue weighted by Crippen LogP contribution is 2.41. The molecule has 0 unspecified atom stereocenters. The quantitative estimate of drug-likeness (QED) is 0.535. The SMILES string of the molecule is Cc1nn(-c2ccccc2)c2c1COc1ccc([N+](=O)[O-])cc1-2. The fraction of sp³-hybridized carbons (Fsp3) is 0.118. The Hall–Kier alpha value is -3.15. The van der Waals surface area contributed by atoms with Crippen molar-refractivity contribution in [1.82, 2.24) is 9.78 Å². The largest absolute Gasteiger partial charge is 0.488 e. The predicted molar refractivity (Wildman–Crippen MR) is 84.7 cm³/mol. The second-order valence-corrected chi connectivity index (χ2v) is 5.39. The Labute approximate surface area is 132 Å². The Bertz CT molecular complexity index is 916. The van der Waals surface area contributed by atoms with Gasteiger partial charge in [0, 0.05) is 23.3 Å². The molecule has 1 aliphatic rings. The monoisotopic (exact) mass is 307 g/mol. The Morgan fingerprint density at radius 3 is 2.74 bits per heavy atom. The van der Waals surface area contributed by atoms with Crippen molar-refractivity contribution in [3.05, 3.63) is 69.9 Å². The molecule has 0 spiro atoms. The molecule has 0 saturated heterocycles. The van der Waals surface area contributed by atoms with Crippen LogP contribution >= 0.6 is 0 Å². The zero-order valence-corrected chi connectivity index (χ0v) is 12.4. The summed E-state index contributed by atoms with van der Waals surface area (Å²) in [6, 6.07) is 14.4. The number of hydrogen-bond acceptors (Lipinski definition) is 4. The molecule has 2 aromatic carbocycles. The Balaban J connectivity index is 1.99. The summed E-state index contributed by atoms with van der Waals surface area (Å²) < 4.78 is 7.57. The van der Waals surface area contributed by atoms with E-state index in [1.54, 1.807) is 12.1 Å². The summed E-state index contributed by atoms with van der Waals surface area (Å²) in [6.07, 6.45) is 0. The molecule has 6 nitrogen and oxygen atoms in total. The highest BCUT2D eigenvalue weighted by atomic mass is 16.6. The van der Waals surface area contributed by atoms with E-state index in [4.69, 9.17) is 4.74 Å². The molecule has 0 amide bonds. The second-order valence-electron chi connectivity index (χ2n) is 5.39. The first-order valence-corrected chi connectivity index (χ1v) is 7.20. The molecule has 0 fully saturated rings. The van der Waals surface area contributed by atoms with Gasteiger partial charge in [-0.25, -0.2) is 4.68 Å². The van der Waals surface area contributed by atoms with E-state index in [9.17, 15) is 10.1 Å². The van der Waals surface area contributed by atoms with Gasteiger partial charge < -0.3 is 4.74 Å². The van der Waals surface area contributed by atoms with Gasteiger partial charge in [0.1, 0.15) is 12.4 Å². The molecule has 1 aliphatic heterocycles. The van der Waals surface area contributed by atoms with Crippen LogP contribution in [0.3, 0.4) is 0 Å². The summed E-state index contributed by atoms with van der Waals surface area (Å²) in [6.45, 7) is 2.34. The number of para-hydroxylation sites is 1. The summed E-state index contributed by atoms with van der Waals surface area (Å²) in [5.74, 6) is 0.639. The van der Waals surface area contributed by atoms with Crippen LogP contribution < -0.4 is 4.74 Å². The maximum atomic E-state index is 11.1. The zero-order chi connectivity index (χ0) is 16.0. The molecule has 0 atom stereocenters. The fourth-order valence-electron chi connectivity index (χ4n) is 2.86. The minimum absolute atomic E-state index is 0.0404. The van der Waals surface area contributed by atoms with Gasteiger partial charge in [0.05, 0.1) is 22.0 Å². The summed E-state index contributed by atoms with van der Waals surface area (Å²) in [5.41, 5.74) is 4.33. The van der Waals surface area contributed by atoms with Crippen molar-refractivity contribution < 1.29 is 9.66 Å². The van der Waals surface area contributed by atoms with Gasteiger partial charge in [0.25, 0.3) is 5.69 Å². The summed E-state index contributed by atoms with van der Waals surface area (Å²) >= 11 is 0. The first kappa shape index (κ1) is 13.5. The van der Waals surface area contributed by atoms with E-state index < -0.39 is 4.92 Å². The van der Waals surface area contributed by atoms with Crippen molar-refractivity contribution in [2.24, 2.45) is 0 Å². The number of benzene rings is 2. The van der Waals surface area contributed by atoms with Crippen molar-refractivity contribution >= 4 is 5.69 Å². The molecule has 0 bridgehead atoms. The average molecular weight is 307 g/mol. The molecule has 0 saturated carbocycles. The number of rotatable bonds is 2. The lowest BCUT2D eigenvalue weighted by Crippen LogP contribution is -2.08. The maximum Gasteiger partial charge on any atom is 0.270 e. The van der Waals surface area contributed by atoms with Gasteiger partial charge in [-0.05, 0) is 25.1 Å². The van der Waals surface area contributed by atoms with Crippen LogP contribution in [0.5, 0.6) is 5.75 Å². The molecule has 114 valence electrons. The fourth-order valence-corrected chi connectivity index (χ4v) is 2.86. The third-order valence-corrected chi connectivity index (χ3v) is 3.99. The van der Waals surface area contributed by atoms with Crippen LogP contribution in [0.2, 0.25) is 0 Å². The lowest BCUT2D eigenvalue weighted by atomic mass is 10.0. The highest BCUT2D eigenvalue weighted by Gasteiger charge is 2.27. The van der Waals surface area contributed by atoms with Gasteiger partial charge in [-0.1, -0.05) is 18.2 Å². The average Bonchev–Trinajstić information content (AvgIpc) is 2.92. The van der Waals surface area contributed by atoms with Crippen LogP contribution in [0.25, 0.3) is 16.9 Å². The molecular formula is C17H13N3O3. The number of ether oxygens (including phenoxy) is 1. The molecule has 0 N–H and O–H groups in total. The minimum Gasteiger partial charge on any atom is -0.488 e. The van der Waals surface area contributed by atoms with Crippen molar-refractivity contribution in [1.29, 1.82) is 0 Å². The van der Waals surface area contributed by atoms with Crippen LogP contribution in [-0.4, -0.2) is 14.7 Å². The molecule has 0 aliphatic carbocycles. The van der Waals surface area contributed by atoms with E-state index in [1.165, 1.54) is 6.07 Å². The number of aromatic nitrogens is 2. The molecule has 6 heteroatoms. The normalized spacial score (nSPS) is 12.2. The van der Waals surface area contributed by atoms with Gasteiger partial charge in [-0.3, -0.25) is 10.1 Å². The van der Waals surface area contributed by atoms with Gasteiger partial charge in [-0.15, -0.1) is 0 Å². The van der Waals surface area contributed by atoms with Crippen LogP contribution in [0, 0.1) is 17.0 Å². The first-order chi connectivity index (χ1) is 11.1. The van der Waals surface area contributed by atoms with Crippen LogP contribution in [-0.2, 0) is 6.61 Å². The van der Waals surface area contributed by atoms with Crippen molar-refractivity contribution in [3.8, 4) is 22.7 Å². The summed E-state index contributed by atoms with van der Waals surface area (Å²) in [5, 5.41) is 15.7. The number of hydrogen-bond donors (Lipinski definition) is 0. The summed E-state index contributed by atoms with van der Waals surface area (Å²) in [4.78, 5) is 10.7. The smallest absolute Gasteiger partial charge is 0.270 e. The molecule has 23 heavy (non-hydrogen) atoms. The molecule has 4 rings (SSSR count). The topological polar surface area (TPSA) is 70.2 Å². The number of nitro groups is 1. The van der Waals surface area contributed by atoms with Gasteiger partial charge in [0.2, 0.25) is 0 Å². The standard InChI is InChI=1S/C17H13N3O3/c1-11-15-10-23-16-8-7-13(20(21)22)9-14(16)17(15)19(18-11)12-5-3-2-4-6-12/h2-9H,10H2,1H3. The number of non-ortho nitro benzene ring substituents is 1. The molecular weight excluding hydrogens is 294 g/mol. The number of aryl methyl sites for hydroxylation is 1. The van der Waals surface area contributed by atoms with Crippen LogP contribution in [0.15, 0.2) is 48.5 Å². The molecule has 0 radical (unpaired) electrons. The van der Waals surface area contributed by atoms with Gasteiger partial charge in [0.15, 0.2) is 0 Å². The lowest BCUT2D eigenvalue weighted by Gasteiger charge is -2.19. The summed E-state index contributed by atoms with van der Waals surface area (Å²) in [7, 11) is 0. The lowest BCUT2D eigenvalue weighted by molar-refractivity contribution is -0.384. The highest BCUT2D eigenvalue weighted by molar-refractivity contribution is 5.76. The number of nitro benzene ring substituents is 1. The van der Waals surface area contributed by atoms with E-state index in [-0.39, 0.29) is 5.69 Å². The van der Waals surface area contributed by atoms with E-state index in [0.29, 0.717) is 17.9 Å². The first-order valence-electron chi connectivity index (χ1n) is 7.20. The van der Waals surface area contributed by atoms with Crippen molar-refractivity contribution in [2.75, 3.05) is 0 Å². The number of fused-ring (bicyclic) bond motifs is 3. The second kappa shape index (κ2) is 4.95. The molecule has 3 aromatic rings. The Morgan fingerprint density at radius 1 is 1.22 bits per heavy atom. The Kier molecular flexibility index (Phi) is 2.90. The van der Waals surface area contributed by atoms with Crippen LogP contribution in [0.1, 0.15) is 11.3 Å². The maximum absolute atomic E-state index is 11.1.